The molecule has 126 valence electrons. The van der Waals surface area contributed by atoms with Crippen LogP contribution in [0.15, 0.2) is 0 Å². The monoisotopic (exact) mass is 339 g/mol. The summed E-state index contributed by atoms with van der Waals surface area (Å²) in [5.41, 5.74) is 0. The average molecular weight is 339 g/mol. The van der Waals surface area contributed by atoms with Crippen molar-refractivity contribution in [2.24, 2.45) is 11.8 Å². The van der Waals surface area contributed by atoms with Gasteiger partial charge in [-0.3, -0.25) is 9.59 Å². The first-order valence-electron chi connectivity index (χ1n) is 7.45. The van der Waals surface area contributed by atoms with Crippen molar-refractivity contribution in [1.29, 1.82) is 0 Å². The number of thioether (sulfide) groups is 1. The quantitative estimate of drug-likeness (QED) is 0.859. The summed E-state index contributed by atoms with van der Waals surface area (Å²) in [6.07, 6.45) is -3.61. The van der Waals surface area contributed by atoms with Crippen molar-refractivity contribution in [1.82, 2.24) is 4.90 Å². The van der Waals surface area contributed by atoms with Crippen molar-refractivity contribution in [2.75, 3.05) is 18.1 Å². The minimum absolute atomic E-state index is 0.0850. The Balaban J connectivity index is 2.03. The maximum atomic E-state index is 12.9. The molecule has 1 heterocycles. The van der Waals surface area contributed by atoms with Crippen LogP contribution in [0.1, 0.15) is 32.1 Å². The normalized spacial score (nSPS) is 30.1. The minimum Gasteiger partial charge on any atom is -0.481 e. The van der Waals surface area contributed by atoms with Gasteiger partial charge >= 0.3 is 12.1 Å². The van der Waals surface area contributed by atoms with Crippen LogP contribution in [0, 0.1) is 11.8 Å². The summed E-state index contributed by atoms with van der Waals surface area (Å²) in [5.74, 6) is -2.07. The Bertz CT molecular complexity index is 430. The molecule has 2 aliphatic rings. The van der Waals surface area contributed by atoms with Gasteiger partial charge in [0.2, 0.25) is 5.91 Å². The molecule has 1 amide bonds. The molecule has 3 atom stereocenters. The highest BCUT2D eigenvalue weighted by atomic mass is 32.2. The smallest absolute Gasteiger partial charge is 0.391 e. The SMILES string of the molecule is O=C(O)CC1CSCCN1C(=O)C1CCCC(C(F)(F)F)C1. The number of carboxylic acid groups (broad SMARTS) is 1. The van der Waals surface area contributed by atoms with Gasteiger partial charge in [0.15, 0.2) is 0 Å². The van der Waals surface area contributed by atoms with Gasteiger partial charge in [0.1, 0.15) is 0 Å². The number of halogens is 3. The van der Waals surface area contributed by atoms with E-state index in [2.05, 4.69) is 0 Å². The molecule has 22 heavy (non-hydrogen) atoms. The Morgan fingerprint density at radius 2 is 2.00 bits per heavy atom. The van der Waals surface area contributed by atoms with E-state index < -0.39 is 30.0 Å². The Hall–Kier alpha value is -0.920. The molecule has 3 unspecified atom stereocenters. The first-order chi connectivity index (χ1) is 10.3. The molecule has 0 bridgehead atoms. The van der Waals surface area contributed by atoms with Crippen LogP contribution in [0.5, 0.6) is 0 Å². The fourth-order valence-electron chi connectivity index (χ4n) is 3.26. The lowest BCUT2D eigenvalue weighted by atomic mass is 9.80. The summed E-state index contributed by atoms with van der Waals surface area (Å²) in [7, 11) is 0. The molecule has 8 heteroatoms. The molecule has 1 N–H and O–H groups in total. The van der Waals surface area contributed by atoms with Crippen LogP contribution in [0.2, 0.25) is 0 Å². The standard InChI is InChI=1S/C14H20F3NO3S/c15-14(16,17)10-3-1-2-9(6-10)13(21)18-4-5-22-8-11(18)7-12(19)20/h9-11H,1-8H2,(H,19,20). The van der Waals surface area contributed by atoms with Crippen molar-refractivity contribution >= 4 is 23.6 Å². The van der Waals surface area contributed by atoms with Crippen LogP contribution in [0.3, 0.4) is 0 Å². The number of rotatable bonds is 3. The number of aliphatic carboxylic acids is 1. The predicted octanol–water partition coefficient (Wildman–Crippen LogP) is 2.77. The molecule has 0 aromatic heterocycles. The maximum absolute atomic E-state index is 12.9. The van der Waals surface area contributed by atoms with E-state index in [-0.39, 0.29) is 25.2 Å². The first-order valence-corrected chi connectivity index (χ1v) is 8.61. The average Bonchev–Trinajstić information content (AvgIpc) is 2.46. The maximum Gasteiger partial charge on any atom is 0.391 e. The molecule has 2 fully saturated rings. The van der Waals surface area contributed by atoms with Crippen molar-refractivity contribution in [3.05, 3.63) is 0 Å². The van der Waals surface area contributed by atoms with E-state index in [1.165, 1.54) is 4.90 Å². The van der Waals surface area contributed by atoms with Crippen molar-refractivity contribution in [3.63, 3.8) is 0 Å². The summed E-state index contributed by atoms with van der Waals surface area (Å²) in [4.78, 5) is 25.0. The number of nitrogens with zero attached hydrogens (tertiary/aromatic N) is 1. The summed E-state index contributed by atoms with van der Waals surface area (Å²) in [6, 6.07) is -0.407. The zero-order chi connectivity index (χ0) is 16.3. The van der Waals surface area contributed by atoms with Gasteiger partial charge < -0.3 is 10.0 Å². The molecule has 4 nitrogen and oxygen atoms in total. The second kappa shape index (κ2) is 7.10. The van der Waals surface area contributed by atoms with Crippen molar-refractivity contribution in [3.8, 4) is 0 Å². The molecule has 0 aromatic rings. The highest BCUT2D eigenvalue weighted by Gasteiger charge is 2.45. The van der Waals surface area contributed by atoms with Crippen LogP contribution in [-0.2, 0) is 9.59 Å². The van der Waals surface area contributed by atoms with Gasteiger partial charge in [0.25, 0.3) is 0 Å². The fourth-order valence-corrected chi connectivity index (χ4v) is 4.32. The van der Waals surface area contributed by atoms with Gasteiger partial charge in [-0.1, -0.05) is 6.42 Å². The van der Waals surface area contributed by atoms with E-state index in [1.54, 1.807) is 11.8 Å². The van der Waals surface area contributed by atoms with E-state index in [4.69, 9.17) is 5.11 Å². The molecule has 1 saturated carbocycles. The number of amides is 1. The number of carboxylic acids is 1. The van der Waals surface area contributed by atoms with Crippen LogP contribution in [0.25, 0.3) is 0 Å². The Morgan fingerprint density at radius 3 is 2.64 bits per heavy atom. The molecular formula is C14H20F3NO3S. The number of hydrogen-bond donors (Lipinski definition) is 1. The molecule has 0 spiro atoms. The number of alkyl halides is 3. The largest absolute Gasteiger partial charge is 0.481 e. The zero-order valence-electron chi connectivity index (χ0n) is 12.1. The number of hydrogen-bond acceptors (Lipinski definition) is 3. The Kier molecular flexibility index (Phi) is 5.63. The molecule has 1 saturated heterocycles. The molecular weight excluding hydrogens is 319 g/mol. The highest BCUT2D eigenvalue weighted by Crippen LogP contribution is 2.40. The van der Waals surface area contributed by atoms with Crippen LogP contribution in [-0.4, -0.2) is 52.2 Å². The minimum atomic E-state index is -4.25. The zero-order valence-corrected chi connectivity index (χ0v) is 13.0. The lowest BCUT2D eigenvalue weighted by molar-refractivity contribution is -0.187. The Morgan fingerprint density at radius 1 is 1.27 bits per heavy atom. The third kappa shape index (κ3) is 4.30. The van der Waals surface area contributed by atoms with Gasteiger partial charge in [-0.05, 0) is 19.3 Å². The van der Waals surface area contributed by atoms with Crippen molar-refractivity contribution in [2.45, 2.75) is 44.3 Å². The Labute approximate surface area is 131 Å². The number of carbonyl (C=O) groups is 2. The fraction of sp³-hybridized carbons (Fsp3) is 0.857. The predicted molar refractivity (Wildman–Crippen MR) is 76.6 cm³/mol. The molecule has 1 aliphatic carbocycles. The third-order valence-electron chi connectivity index (χ3n) is 4.41. The van der Waals surface area contributed by atoms with E-state index in [0.717, 1.165) is 0 Å². The summed E-state index contributed by atoms with van der Waals surface area (Å²) >= 11 is 1.58. The molecule has 1 aliphatic heterocycles. The van der Waals surface area contributed by atoms with E-state index in [0.29, 0.717) is 30.9 Å². The van der Waals surface area contributed by atoms with Gasteiger partial charge in [-0.25, -0.2) is 0 Å². The van der Waals surface area contributed by atoms with E-state index >= 15 is 0 Å². The van der Waals surface area contributed by atoms with Crippen LogP contribution < -0.4 is 0 Å². The highest BCUT2D eigenvalue weighted by molar-refractivity contribution is 7.99. The lowest BCUT2D eigenvalue weighted by Crippen LogP contribution is -2.50. The second-order valence-corrected chi connectivity index (χ2v) is 7.11. The van der Waals surface area contributed by atoms with Crippen LogP contribution >= 0.6 is 11.8 Å². The molecule has 2 rings (SSSR count). The van der Waals surface area contributed by atoms with E-state index in [9.17, 15) is 22.8 Å². The molecule has 0 aromatic carbocycles. The topological polar surface area (TPSA) is 57.6 Å². The second-order valence-electron chi connectivity index (χ2n) is 5.96. The summed E-state index contributed by atoms with van der Waals surface area (Å²) < 4.78 is 38.6. The molecule has 0 radical (unpaired) electrons. The summed E-state index contributed by atoms with van der Waals surface area (Å²) in [6.45, 7) is 0.425. The van der Waals surface area contributed by atoms with Gasteiger partial charge in [0.05, 0.1) is 18.4 Å². The van der Waals surface area contributed by atoms with Crippen molar-refractivity contribution < 1.29 is 27.9 Å². The van der Waals surface area contributed by atoms with E-state index in [1.807, 2.05) is 0 Å². The third-order valence-corrected chi connectivity index (χ3v) is 5.50. The number of carbonyl (C=O) groups excluding carboxylic acids is 1. The lowest BCUT2D eigenvalue weighted by Gasteiger charge is -2.39. The first kappa shape index (κ1) is 17.4. The van der Waals surface area contributed by atoms with Gasteiger partial charge in [-0.2, -0.15) is 24.9 Å². The van der Waals surface area contributed by atoms with Crippen LogP contribution in [0.4, 0.5) is 13.2 Å². The summed E-state index contributed by atoms with van der Waals surface area (Å²) in [5, 5.41) is 8.93. The van der Waals surface area contributed by atoms with Gasteiger partial charge in [-0.15, -0.1) is 0 Å². The van der Waals surface area contributed by atoms with Gasteiger partial charge in [0, 0.05) is 24.0 Å².